The highest BCUT2D eigenvalue weighted by atomic mass is 32.2. The molecule has 112 valence electrons. The van der Waals surface area contributed by atoms with Crippen LogP contribution in [-0.4, -0.2) is 55.4 Å². The Morgan fingerprint density at radius 3 is 2.48 bits per heavy atom. The molecule has 0 radical (unpaired) electrons. The van der Waals surface area contributed by atoms with Gasteiger partial charge in [-0.2, -0.15) is 4.31 Å². The average molecular weight is 310 g/mol. The van der Waals surface area contributed by atoms with Crippen LogP contribution >= 0.6 is 0 Å². The molecule has 8 heteroatoms. The SMILES string of the molecule is O=C1COC(=O)N1C1CCN(S(=O)(=O)c2ccccc2)C1. The molecule has 2 amide bonds. The Balaban J connectivity index is 1.78. The standard InChI is InChI=1S/C13H14N2O5S/c16-12-9-20-13(17)15(12)10-6-7-14(8-10)21(18,19)11-4-2-1-3-5-11/h1-5,10H,6-9H2. The summed E-state index contributed by atoms with van der Waals surface area (Å²) in [7, 11) is -3.59. The molecule has 21 heavy (non-hydrogen) atoms. The van der Waals surface area contributed by atoms with Crippen LogP contribution in [0.2, 0.25) is 0 Å². The molecule has 0 saturated carbocycles. The minimum atomic E-state index is -3.59. The fourth-order valence-electron chi connectivity index (χ4n) is 2.60. The summed E-state index contributed by atoms with van der Waals surface area (Å²) in [5.41, 5.74) is 0. The van der Waals surface area contributed by atoms with E-state index in [2.05, 4.69) is 4.74 Å². The lowest BCUT2D eigenvalue weighted by atomic mass is 10.2. The predicted molar refractivity (Wildman–Crippen MR) is 71.8 cm³/mol. The van der Waals surface area contributed by atoms with Gasteiger partial charge in [0.25, 0.3) is 5.91 Å². The van der Waals surface area contributed by atoms with E-state index in [-0.39, 0.29) is 24.6 Å². The van der Waals surface area contributed by atoms with Crippen molar-refractivity contribution in [2.45, 2.75) is 17.4 Å². The largest absolute Gasteiger partial charge is 0.439 e. The van der Waals surface area contributed by atoms with Crippen LogP contribution in [0.3, 0.4) is 0 Å². The van der Waals surface area contributed by atoms with Crippen molar-refractivity contribution in [1.29, 1.82) is 0 Å². The summed E-state index contributed by atoms with van der Waals surface area (Å²) in [6.45, 7) is 0.123. The van der Waals surface area contributed by atoms with Gasteiger partial charge in [0.15, 0.2) is 6.61 Å². The molecule has 3 rings (SSSR count). The van der Waals surface area contributed by atoms with Crippen molar-refractivity contribution in [3.8, 4) is 0 Å². The third kappa shape index (κ3) is 2.40. The molecule has 0 aliphatic carbocycles. The second-order valence-corrected chi connectivity index (χ2v) is 6.87. The molecule has 2 aliphatic rings. The van der Waals surface area contributed by atoms with Crippen LogP contribution < -0.4 is 0 Å². The number of carbonyl (C=O) groups excluding carboxylic acids is 2. The summed E-state index contributed by atoms with van der Waals surface area (Å²) in [6, 6.07) is 7.65. The number of rotatable bonds is 3. The first-order chi connectivity index (χ1) is 10.00. The van der Waals surface area contributed by atoms with Crippen molar-refractivity contribution >= 4 is 22.0 Å². The third-order valence-electron chi connectivity index (χ3n) is 3.66. The van der Waals surface area contributed by atoms with E-state index in [1.54, 1.807) is 18.2 Å². The summed E-state index contributed by atoms with van der Waals surface area (Å²) >= 11 is 0. The highest BCUT2D eigenvalue weighted by molar-refractivity contribution is 7.89. The van der Waals surface area contributed by atoms with Gasteiger partial charge in [-0.1, -0.05) is 18.2 Å². The van der Waals surface area contributed by atoms with Crippen LogP contribution in [0.25, 0.3) is 0 Å². The van der Waals surface area contributed by atoms with Gasteiger partial charge >= 0.3 is 6.09 Å². The normalized spacial score (nSPS) is 23.6. The fraction of sp³-hybridized carbons (Fsp3) is 0.385. The van der Waals surface area contributed by atoms with E-state index >= 15 is 0 Å². The summed E-state index contributed by atoms with van der Waals surface area (Å²) in [5.74, 6) is -0.413. The number of benzene rings is 1. The molecule has 0 N–H and O–H groups in total. The lowest BCUT2D eigenvalue weighted by Crippen LogP contribution is -2.41. The van der Waals surface area contributed by atoms with E-state index < -0.39 is 28.1 Å². The highest BCUT2D eigenvalue weighted by Crippen LogP contribution is 2.25. The lowest BCUT2D eigenvalue weighted by molar-refractivity contribution is -0.127. The maximum absolute atomic E-state index is 12.5. The second kappa shape index (κ2) is 5.12. The highest BCUT2D eigenvalue weighted by Gasteiger charge is 2.43. The summed E-state index contributed by atoms with van der Waals surface area (Å²) in [4.78, 5) is 24.4. The Bertz CT molecular complexity index is 657. The zero-order valence-corrected chi connectivity index (χ0v) is 12.0. The van der Waals surface area contributed by atoms with E-state index in [9.17, 15) is 18.0 Å². The van der Waals surface area contributed by atoms with E-state index in [0.717, 1.165) is 4.90 Å². The van der Waals surface area contributed by atoms with Gasteiger partial charge in [-0.05, 0) is 18.6 Å². The predicted octanol–water partition coefficient (Wildman–Crippen LogP) is 0.428. The Morgan fingerprint density at radius 2 is 1.86 bits per heavy atom. The van der Waals surface area contributed by atoms with Gasteiger partial charge in [-0.15, -0.1) is 0 Å². The van der Waals surface area contributed by atoms with Crippen LogP contribution in [0.4, 0.5) is 4.79 Å². The van der Waals surface area contributed by atoms with Gasteiger partial charge in [-0.25, -0.2) is 18.1 Å². The minimum absolute atomic E-state index is 0.109. The topological polar surface area (TPSA) is 84.0 Å². The molecule has 0 bridgehead atoms. The number of cyclic esters (lactones) is 1. The van der Waals surface area contributed by atoms with E-state index in [0.29, 0.717) is 6.42 Å². The molecule has 1 aromatic rings. The number of sulfonamides is 1. The van der Waals surface area contributed by atoms with E-state index in [1.165, 1.54) is 16.4 Å². The van der Waals surface area contributed by atoms with Crippen molar-refractivity contribution in [1.82, 2.24) is 9.21 Å². The fourth-order valence-corrected chi connectivity index (χ4v) is 4.11. The molecule has 2 heterocycles. The molecule has 2 aliphatic heterocycles. The number of hydrogen-bond donors (Lipinski definition) is 0. The van der Waals surface area contributed by atoms with Gasteiger partial charge in [0.05, 0.1) is 10.9 Å². The smallest absolute Gasteiger partial charge is 0.417 e. The van der Waals surface area contributed by atoms with E-state index in [1.807, 2.05) is 0 Å². The third-order valence-corrected chi connectivity index (χ3v) is 5.54. The molecule has 1 aromatic carbocycles. The average Bonchev–Trinajstić information content (AvgIpc) is 3.07. The lowest BCUT2D eigenvalue weighted by Gasteiger charge is -2.20. The number of hydrogen-bond acceptors (Lipinski definition) is 5. The zero-order chi connectivity index (χ0) is 15.0. The van der Waals surface area contributed by atoms with Crippen LogP contribution in [0, 0.1) is 0 Å². The Morgan fingerprint density at radius 1 is 1.14 bits per heavy atom. The van der Waals surface area contributed by atoms with Crippen molar-refractivity contribution in [3.63, 3.8) is 0 Å². The summed E-state index contributed by atoms with van der Waals surface area (Å²) in [6.07, 6.45) is -0.267. The first-order valence-corrected chi connectivity index (χ1v) is 7.98. The van der Waals surface area contributed by atoms with Gasteiger partial charge < -0.3 is 4.74 Å². The molecule has 1 unspecified atom stereocenters. The van der Waals surface area contributed by atoms with Crippen molar-refractivity contribution in [2.24, 2.45) is 0 Å². The summed E-state index contributed by atoms with van der Waals surface area (Å²) in [5, 5.41) is 0. The van der Waals surface area contributed by atoms with Crippen LogP contribution in [0.15, 0.2) is 35.2 Å². The second-order valence-electron chi connectivity index (χ2n) is 4.94. The summed E-state index contributed by atoms with van der Waals surface area (Å²) < 4.78 is 30.9. The molecule has 2 saturated heterocycles. The van der Waals surface area contributed by atoms with Crippen LogP contribution in [0.5, 0.6) is 0 Å². The van der Waals surface area contributed by atoms with Crippen molar-refractivity contribution < 1.29 is 22.7 Å². The number of imide groups is 1. The first-order valence-electron chi connectivity index (χ1n) is 6.54. The molecule has 1 atom stereocenters. The molecule has 2 fully saturated rings. The molecular weight excluding hydrogens is 296 g/mol. The van der Waals surface area contributed by atoms with Gasteiger partial charge in [0, 0.05) is 13.1 Å². The van der Waals surface area contributed by atoms with E-state index in [4.69, 9.17) is 0 Å². The Hall–Kier alpha value is -1.93. The first kappa shape index (κ1) is 14.0. The van der Waals surface area contributed by atoms with Gasteiger partial charge in [0.2, 0.25) is 10.0 Å². The van der Waals surface area contributed by atoms with Crippen molar-refractivity contribution in [2.75, 3.05) is 19.7 Å². The zero-order valence-electron chi connectivity index (χ0n) is 11.1. The monoisotopic (exact) mass is 310 g/mol. The Kier molecular flexibility index (Phi) is 3.42. The maximum Gasteiger partial charge on any atom is 0.417 e. The molecule has 0 spiro atoms. The quantitative estimate of drug-likeness (QED) is 0.808. The van der Waals surface area contributed by atoms with Crippen LogP contribution in [-0.2, 0) is 19.6 Å². The maximum atomic E-state index is 12.5. The number of amides is 2. The minimum Gasteiger partial charge on any atom is -0.439 e. The Labute approximate surface area is 122 Å². The number of nitrogens with zero attached hydrogens (tertiary/aromatic N) is 2. The molecule has 0 aromatic heterocycles. The number of ether oxygens (including phenoxy) is 1. The number of carbonyl (C=O) groups is 2. The van der Waals surface area contributed by atoms with Crippen LogP contribution in [0.1, 0.15) is 6.42 Å². The van der Waals surface area contributed by atoms with Gasteiger partial charge in [0.1, 0.15) is 0 Å². The van der Waals surface area contributed by atoms with Gasteiger partial charge in [-0.3, -0.25) is 4.79 Å². The molecule has 7 nitrogen and oxygen atoms in total. The molecular formula is C13H14N2O5S. The van der Waals surface area contributed by atoms with Crippen molar-refractivity contribution in [3.05, 3.63) is 30.3 Å².